The van der Waals surface area contributed by atoms with Crippen molar-refractivity contribution < 1.29 is 18.0 Å². The van der Waals surface area contributed by atoms with Crippen LogP contribution in [0.25, 0.3) is 0 Å². The van der Waals surface area contributed by atoms with Gasteiger partial charge in [0.1, 0.15) is 0 Å². The summed E-state index contributed by atoms with van der Waals surface area (Å²) in [6.45, 7) is 1.66. The van der Waals surface area contributed by atoms with Crippen LogP contribution in [0.1, 0.15) is 18.4 Å². The molecule has 0 aromatic heterocycles. The number of rotatable bonds is 2. The van der Waals surface area contributed by atoms with Crippen molar-refractivity contribution in [3.63, 3.8) is 0 Å². The van der Waals surface area contributed by atoms with Gasteiger partial charge in [-0.3, -0.25) is 0 Å². The lowest BCUT2D eigenvalue weighted by molar-refractivity contribution is -0.136. The third kappa shape index (κ3) is 4.99. The number of piperidine rings is 1. The van der Waals surface area contributed by atoms with Gasteiger partial charge in [0, 0.05) is 10.5 Å². The van der Waals surface area contributed by atoms with Crippen LogP contribution in [0.15, 0.2) is 16.6 Å². The highest BCUT2D eigenvalue weighted by molar-refractivity contribution is 9.10. The first-order chi connectivity index (χ1) is 10.7. The third-order valence-electron chi connectivity index (χ3n) is 3.65. The SMILES string of the molecule is CN1CCC(NC(=O)Nc2c(Cl)cc(Br)cc2C(F)(F)F)CC1. The number of nitrogens with one attached hydrogen (secondary N) is 2. The van der Waals surface area contributed by atoms with E-state index in [2.05, 4.69) is 31.5 Å². The molecule has 0 saturated carbocycles. The summed E-state index contributed by atoms with van der Waals surface area (Å²) in [7, 11) is 1.98. The lowest BCUT2D eigenvalue weighted by Crippen LogP contribution is -2.45. The Hall–Kier alpha value is -0.990. The number of benzene rings is 1. The number of likely N-dealkylation sites (tertiary alicyclic amines) is 1. The first-order valence-electron chi connectivity index (χ1n) is 6.99. The minimum atomic E-state index is -4.62. The molecule has 128 valence electrons. The normalized spacial score (nSPS) is 17.1. The Kier molecular flexibility index (Phi) is 5.80. The van der Waals surface area contributed by atoms with E-state index in [0.29, 0.717) is 0 Å². The smallest absolute Gasteiger partial charge is 0.335 e. The number of alkyl halides is 3. The molecule has 0 aliphatic carbocycles. The van der Waals surface area contributed by atoms with Crippen LogP contribution in [0.5, 0.6) is 0 Å². The van der Waals surface area contributed by atoms with Gasteiger partial charge in [0.25, 0.3) is 0 Å². The van der Waals surface area contributed by atoms with Gasteiger partial charge in [-0.1, -0.05) is 27.5 Å². The number of amides is 2. The number of urea groups is 1. The van der Waals surface area contributed by atoms with Crippen molar-refractivity contribution >= 4 is 39.2 Å². The Morgan fingerprint density at radius 2 is 1.96 bits per heavy atom. The zero-order chi connectivity index (χ0) is 17.2. The van der Waals surface area contributed by atoms with Gasteiger partial charge in [-0.15, -0.1) is 0 Å². The van der Waals surface area contributed by atoms with Crippen LogP contribution in [0.4, 0.5) is 23.7 Å². The number of hydrogen-bond acceptors (Lipinski definition) is 2. The second-order valence-electron chi connectivity index (χ2n) is 5.48. The molecule has 1 aromatic carbocycles. The van der Waals surface area contributed by atoms with Gasteiger partial charge in [0.15, 0.2) is 0 Å². The maximum absolute atomic E-state index is 13.1. The van der Waals surface area contributed by atoms with Crippen molar-refractivity contribution in [2.24, 2.45) is 0 Å². The molecule has 1 aromatic rings. The maximum Gasteiger partial charge on any atom is 0.418 e. The van der Waals surface area contributed by atoms with Crippen LogP contribution in [-0.2, 0) is 6.18 Å². The fourth-order valence-corrected chi connectivity index (χ4v) is 3.27. The van der Waals surface area contributed by atoms with Gasteiger partial charge in [0.2, 0.25) is 0 Å². The fourth-order valence-electron chi connectivity index (χ4n) is 2.41. The summed E-state index contributed by atoms with van der Waals surface area (Å²) in [5, 5.41) is 4.75. The van der Waals surface area contributed by atoms with Crippen LogP contribution >= 0.6 is 27.5 Å². The number of carbonyl (C=O) groups excluding carboxylic acids is 1. The highest BCUT2D eigenvalue weighted by Crippen LogP contribution is 2.40. The van der Waals surface area contributed by atoms with Crippen molar-refractivity contribution in [3.8, 4) is 0 Å². The second-order valence-corrected chi connectivity index (χ2v) is 6.81. The van der Waals surface area contributed by atoms with E-state index in [-0.39, 0.29) is 15.5 Å². The van der Waals surface area contributed by atoms with Crippen LogP contribution in [0, 0.1) is 0 Å². The van der Waals surface area contributed by atoms with Crippen molar-refractivity contribution in [1.82, 2.24) is 10.2 Å². The zero-order valence-electron chi connectivity index (χ0n) is 12.3. The van der Waals surface area contributed by atoms with E-state index >= 15 is 0 Å². The Balaban J connectivity index is 2.11. The van der Waals surface area contributed by atoms with Gasteiger partial charge in [0.05, 0.1) is 16.3 Å². The molecule has 1 aliphatic rings. The quantitative estimate of drug-likeness (QED) is 0.756. The van der Waals surface area contributed by atoms with E-state index in [1.807, 2.05) is 7.05 Å². The Morgan fingerprint density at radius 1 is 1.35 bits per heavy atom. The maximum atomic E-state index is 13.1. The van der Waals surface area contributed by atoms with Crippen LogP contribution in [0.3, 0.4) is 0 Å². The molecule has 2 amide bonds. The van der Waals surface area contributed by atoms with Gasteiger partial charge in [-0.2, -0.15) is 13.2 Å². The topological polar surface area (TPSA) is 44.4 Å². The van der Waals surface area contributed by atoms with Gasteiger partial charge in [-0.05, 0) is 45.1 Å². The molecule has 1 saturated heterocycles. The van der Waals surface area contributed by atoms with Crippen molar-refractivity contribution in [2.75, 3.05) is 25.5 Å². The molecule has 23 heavy (non-hydrogen) atoms. The fraction of sp³-hybridized carbons (Fsp3) is 0.500. The van der Waals surface area contributed by atoms with Gasteiger partial charge in [-0.25, -0.2) is 4.79 Å². The van der Waals surface area contributed by atoms with Crippen LogP contribution in [-0.4, -0.2) is 37.1 Å². The third-order valence-corrected chi connectivity index (χ3v) is 4.41. The molecule has 1 aliphatic heterocycles. The Bertz CT molecular complexity index is 589. The number of halogens is 5. The van der Waals surface area contributed by atoms with Crippen LogP contribution < -0.4 is 10.6 Å². The predicted octanol–water partition coefficient (Wildman–Crippen LogP) is 4.34. The van der Waals surface area contributed by atoms with E-state index in [1.165, 1.54) is 6.07 Å². The molecular formula is C14H16BrClF3N3O. The number of anilines is 1. The Labute approximate surface area is 145 Å². The molecule has 9 heteroatoms. The average Bonchev–Trinajstić information content (AvgIpc) is 2.43. The largest absolute Gasteiger partial charge is 0.418 e. The number of hydrogen-bond donors (Lipinski definition) is 2. The second kappa shape index (κ2) is 7.27. The molecule has 1 heterocycles. The molecule has 0 atom stereocenters. The van der Waals surface area contributed by atoms with Crippen molar-refractivity contribution in [1.29, 1.82) is 0 Å². The molecule has 4 nitrogen and oxygen atoms in total. The summed E-state index contributed by atoms with van der Waals surface area (Å²) in [6, 6.07) is 1.45. The molecular weight excluding hydrogens is 399 g/mol. The van der Waals surface area contributed by atoms with E-state index in [9.17, 15) is 18.0 Å². The average molecular weight is 415 g/mol. The molecule has 0 unspecified atom stereocenters. The monoisotopic (exact) mass is 413 g/mol. The molecule has 2 rings (SSSR count). The van der Waals surface area contributed by atoms with Gasteiger partial charge < -0.3 is 15.5 Å². The molecule has 2 N–H and O–H groups in total. The Morgan fingerprint density at radius 3 is 2.52 bits per heavy atom. The van der Waals surface area contributed by atoms with E-state index < -0.39 is 23.5 Å². The standard InChI is InChI=1S/C14H16BrClF3N3O/c1-22-4-2-9(3-5-22)20-13(23)21-12-10(14(17,18)19)6-8(15)7-11(12)16/h6-7,9H,2-5H2,1H3,(H2,20,21,23). The molecule has 0 spiro atoms. The summed E-state index contributed by atoms with van der Waals surface area (Å²) in [6.07, 6.45) is -3.11. The van der Waals surface area contributed by atoms with Crippen molar-refractivity contribution in [2.45, 2.75) is 25.1 Å². The summed E-state index contributed by atoms with van der Waals surface area (Å²) in [5.41, 5.74) is -1.43. The highest BCUT2D eigenvalue weighted by Gasteiger charge is 2.35. The first-order valence-corrected chi connectivity index (χ1v) is 8.16. The summed E-state index contributed by atoms with van der Waals surface area (Å²) in [5.74, 6) is 0. The van der Waals surface area contributed by atoms with E-state index in [0.717, 1.165) is 32.0 Å². The summed E-state index contributed by atoms with van der Waals surface area (Å²) < 4.78 is 39.5. The lowest BCUT2D eigenvalue weighted by Gasteiger charge is -2.29. The van der Waals surface area contributed by atoms with E-state index in [4.69, 9.17) is 11.6 Å². The molecule has 1 fully saturated rings. The lowest BCUT2D eigenvalue weighted by atomic mass is 10.1. The zero-order valence-corrected chi connectivity index (χ0v) is 14.6. The van der Waals surface area contributed by atoms with Crippen molar-refractivity contribution in [3.05, 3.63) is 27.2 Å². The predicted molar refractivity (Wildman–Crippen MR) is 86.8 cm³/mol. The first kappa shape index (κ1) is 18.4. The molecule has 0 radical (unpaired) electrons. The minimum absolute atomic E-state index is 0.0604. The molecule has 0 bridgehead atoms. The minimum Gasteiger partial charge on any atom is -0.335 e. The highest BCUT2D eigenvalue weighted by atomic mass is 79.9. The van der Waals surface area contributed by atoms with Crippen LogP contribution in [0.2, 0.25) is 5.02 Å². The van der Waals surface area contributed by atoms with E-state index in [1.54, 1.807) is 0 Å². The summed E-state index contributed by atoms with van der Waals surface area (Å²) >= 11 is 8.84. The number of carbonyl (C=O) groups is 1. The number of nitrogens with zero attached hydrogens (tertiary/aromatic N) is 1. The van der Waals surface area contributed by atoms with Gasteiger partial charge >= 0.3 is 12.2 Å². The summed E-state index contributed by atoms with van der Waals surface area (Å²) in [4.78, 5) is 14.1.